The molecule has 0 amide bonds. The first-order valence-corrected chi connectivity index (χ1v) is 9.88. The van der Waals surface area contributed by atoms with E-state index in [1.54, 1.807) is 12.1 Å². The molecule has 0 bridgehead atoms. The molecule has 3 rings (SSSR count). The monoisotopic (exact) mass is 416 g/mol. The van der Waals surface area contributed by atoms with Crippen molar-refractivity contribution in [2.24, 2.45) is 0 Å². The summed E-state index contributed by atoms with van der Waals surface area (Å²) in [5, 5.41) is 0.863. The topological polar surface area (TPSA) is 27.7 Å². The summed E-state index contributed by atoms with van der Waals surface area (Å²) in [5.41, 5.74) is 2.23. The fourth-order valence-corrected chi connectivity index (χ4v) is 3.17. The lowest BCUT2D eigenvalue weighted by Gasteiger charge is -2.13. The van der Waals surface area contributed by atoms with Gasteiger partial charge in [0.05, 0.1) is 29.9 Å². The third kappa shape index (κ3) is 6.45. The summed E-state index contributed by atoms with van der Waals surface area (Å²) in [7, 11) is 0. The molecule has 0 fully saturated rings. The van der Waals surface area contributed by atoms with Gasteiger partial charge in [-0.25, -0.2) is 0 Å². The molecule has 0 aliphatic rings. The molecule has 0 saturated carbocycles. The summed E-state index contributed by atoms with van der Waals surface area (Å²) in [6.07, 6.45) is 0.742. The lowest BCUT2D eigenvalue weighted by atomic mass is 10.2. The van der Waals surface area contributed by atoms with E-state index >= 15 is 0 Å². The van der Waals surface area contributed by atoms with Crippen molar-refractivity contribution in [2.45, 2.75) is 19.6 Å². The average Bonchev–Trinajstić information content (AvgIpc) is 2.72. The normalized spacial score (nSPS) is 10.6. The van der Waals surface area contributed by atoms with Gasteiger partial charge in [0.2, 0.25) is 0 Å². The average molecular weight is 417 g/mol. The second-order valence-electron chi connectivity index (χ2n) is 6.23. The SMILES string of the molecule is Clc1cc(OCc2ccccc2)cc(Cl)c1OCCCOCc1ccccc1. The Morgan fingerprint density at radius 2 is 1.21 bits per heavy atom. The molecular formula is C23H22Cl2O3. The molecule has 0 aliphatic carbocycles. The maximum Gasteiger partial charge on any atom is 0.156 e. The Morgan fingerprint density at radius 3 is 1.82 bits per heavy atom. The maximum atomic E-state index is 6.32. The van der Waals surface area contributed by atoms with E-state index in [4.69, 9.17) is 37.4 Å². The van der Waals surface area contributed by atoms with Gasteiger partial charge in [-0.1, -0.05) is 83.9 Å². The van der Waals surface area contributed by atoms with E-state index < -0.39 is 0 Å². The van der Waals surface area contributed by atoms with Gasteiger partial charge in [-0.3, -0.25) is 0 Å². The lowest BCUT2D eigenvalue weighted by molar-refractivity contribution is 0.107. The lowest BCUT2D eigenvalue weighted by Crippen LogP contribution is -2.04. The summed E-state index contributed by atoms with van der Waals surface area (Å²) in [4.78, 5) is 0. The molecule has 0 unspecified atom stereocenters. The minimum atomic E-state index is 0.431. The molecule has 5 heteroatoms. The fraction of sp³-hybridized carbons (Fsp3) is 0.217. The van der Waals surface area contributed by atoms with Crippen molar-refractivity contribution in [1.29, 1.82) is 0 Å². The standard InChI is InChI=1S/C23H22Cl2O3/c24-21-14-20(28-17-19-10-5-2-6-11-19)15-22(25)23(21)27-13-7-12-26-16-18-8-3-1-4-9-18/h1-6,8-11,14-15H,7,12-13,16-17H2. The highest BCUT2D eigenvalue weighted by molar-refractivity contribution is 6.37. The van der Waals surface area contributed by atoms with E-state index in [2.05, 4.69) is 0 Å². The van der Waals surface area contributed by atoms with Crippen LogP contribution in [0.5, 0.6) is 11.5 Å². The van der Waals surface area contributed by atoms with Gasteiger partial charge in [0, 0.05) is 18.6 Å². The Morgan fingerprint density at radius 1 is 0.643 bits per heavy atom. The van der Waals surface area contributed by atoms with Crippen molar-refractivity contribution in [3.05, 3.63) is 94.0 Å². The van der Waals surface area contributed by atoms with Crippen LogP contribution in [-0.2, 0) is 18.0 Å². The number of benzene rings is 3. The molecule has 3 aromatic rings. The van der Waals surface area contributed by atoms with Crippen LogP contribution in [0.3, 0.4) is 0 Å². The largest absolute Gasteiger partial charge is 0.490 e. The third-order valence-corrected chi connectivity index (χ3v) is 4.57. The minimum Gasteiger partial charge on any atom is -0.490 e. The van der Waals surface area contributed by atoms with Crippen molar-refractivity contribution < 1.29 is 14.2 Å². The van der Waals surface area contributed by atoms with Crippen LogP contribution in [0.25, 0.3) is 0 Å². The Hall–Kier alpha value is -2.20. The molecule has 0 aromatic heterocycles. The summed E-state index contributed by atoms with van der Waals surface area (Å²) >= 11 is 12.6. The third-order valence-electron chi connectivity index (χ3n) is 4.01. The zero-order valence-corrected chi connectivity index (χ0v) is 17.0. The van der Waals surface area contributed by atoms with Gasteiger partial charge in [-0.05, 0) is 11.1 Å². The predicted molar refractivity (Wildman–Crippen MR) is 113 cm³/mol. The first-order valence-electron chi connectivity index (χ1n) is 9.12. The van der Waals surface area contributed by atoms with Gasteiger partial charge >= 0.3 is 0 Å². The smallest absolute Gasteiger partial charge is 0.156 e. The number of halogens is 2. The van der Waals surface area contributed by atoms with Crippen LogP contribution < -0.4 is 9.47 Å². The number of hydrogen-bond acceptors (Lipinski definition) is 3. The molecule has 0 spiro atoms. The molecule has 0 radical (unpaired) electrons. The minimum absolute atomic E-state index is 0.431. The molecule has 0 N–H and O–H groups in total. The van der Waals surface area contributed by atoms with Crippen LogP contribution in [0, 0.1) is 0 Å². The van der Waals surface area contributed by atoms with Crippen molar-refractivity contribution in [3.63, 3.8) is 0 Å². The van der Waals surface area contributed by atoms with E-state index in [0.29, 0.717) is 48.0 Å². The van der Waals surface area contributed by atoms with Gasteiger partial charge in [0.15, 0.2) is 5.75 Å². The summed E-state index contributed by atoms with van der Waals surface area (Å²) in [6.45, 7) is 2.11. The molecule has 0 heterocycles. The van der Waals surface area contributed by atoms with E-state index in [9.17, 15) is 0 Å². The number of ether oxygens (including phenoxy) is 3. The van der Waals surface area contributed by atoms with Crippen molar-refractivity contribution >= 4 is 23.2 Å². The molecule has 146 valence electrons. The quantitative estimate of drug-likeness (QED) is 0.350. The van der Waals surface area contributed by atoms with Crippen molar-refractivity contribution in [1.82, 2.24) is 0 Å². The zero-order chi connectivity index (χ0) is 19.6. The Balaban J connectivity index is 1.42. The first-order chi connectivity index (χ1) is 13.7. The van der Waals surface area contributed by atoms with Crippen LogP contribution in [0.15, 0.2) is 72.8 Å². The van der Waals surface area contributed by atoms with Gasteiger partial charge in [-0.2, -0.15) is 0 Å². The van der Waals surface area contributed by atoms with Gasteiger partial charge in [-0.15, -0.1) is 0 Å². The molecule has 3 nitrogen and oxygen atoms in total. The zero-order valence-electron chi connectivity index (χ0n) is 15.4. The van der Waals surface area contributed by atoms with Crippen LogP contribution >= 0.6 is 23.2 Å². The van der Waals surface area contributed by atoms with Gasteiger partial charge < -0.3 is 14.2 Å². The van der Waals surface area contributed by atoms with Crippen LogP contribution in [0.4, 0.5) is 0 Å². The fourth-order valence-electron chi connectivity index (χ4n) is 2.60. The highest BCUT2D eigenvalue weighted by Crippen LogP contribution is 2.37. The molecule has 3 aromatic carbocycles. The van der Waals surface area contributed by atoms with E-state index in [0.717, 1.165) is 17.5 Å². The number of rotatable bonds is 10. The Kier molecular flexibility index (Phi) is 8.04. The van der Waals surface area contributed by atoms with E-state index in [-0.39, 0.29) is 0 Å². The second kappa shape index (κ2) is 11.0. The Bertz CT molecular complexity index is 831. The van der Waals surface area contributed by atoms with Gasteiger partial charge in [0.25, 0.3) is 0 Å². The van der Waals surface area contributed by atoms with E-state index in [1.807, 2.05) is 60.7 Å². The first kappa shape index (κ1) is 20.5. The molecule has 0 aliphatic heterocycles. The number of hydrogen-bond donors (Lipinski definition) is 0. The maximum absolute atomic E-state index is 6.32. The molecule has 0 saturated heterocycles. The van der Waals surface area contributed by atoms with Crippen molar-refractivity contribution in [3.8, 4) is 11.5 Å². The summed E-state index contributed by atoms with van der Waals surface area (Å²) in [6, 6.07) is 23.4. The second-order valence-corrected chi connectivity index (χ2v) is 7.04. The molecular weight excluding hydrogens is 395 g/mol. The molecule has 28 heavy (non-hydrogen) atoms. The highest BCUT2D eigenvalue weighted by Gasteiger charge is 2.11. The summed E-state index contributed by atoms with van der Waals surface area (Å²) < 4.78 is 17.1. The Labute approximate surface area is 175 Å². The highest BCUT2D eigenvalue weighted by atomic mass is 35.5. The molecule has 0 atom stereocenters. The summed E-state index contributed by atoms with van der Waals surface area (Å²) in [5.74, 6) is 1.08. The predicted octanol–water partition coefficient (Wildman–Crippen LogP) is 6.56. The van der Waals surface area contributed by atoms with Crippen molar-refractivity contribution in [2.75, 3.05) is 13.2 Å². The van der Waals surface area contributed by atoms with Crippen LogP contribution in [0.2, 0.25) is 10.0 Å². The van der Waals surface area contributed by atoms with Gasteiger partial charge in [0.1, 0.15) is 12.4 Å². The van der Waals surface area contributed by atoms with Crippen LogP contribution in [-0.4, -0.2) is 13.2 Å². The van der Waals surface area contributed by atoms with Crippen LogP contribution in [0.1, 0.15) is 17.5 Å². The van der Waals surface area contributed by atoms with E-state index in [1.165, 1.54) is 0 Å².